The monoisotopic (exact) mass is 520 g/mol. The Morgan fingerprint density at radius 3 is 1.55 bits per heavy atom. The molecule has 0 aliphatic heterocycles. The number of hydrogen-bond acceptors (Lipinski definition) is 3. The van der Waals surface area contributed by atoms with Crippen LogP contribution in [0.2, 0.25) is 0 Å². The summed E-state index contributed by atoms with van der Waals surface area (Å²) in [5.74, 6) is 1.51. The molecule has 6 aromatic rings. The Bertz CT molecular complexity index is 1680. The van der Waals surface area contributed by atoms with Crippen LogP contribution in [0, 0.1) is 0 Å². The predicted molar refractivity (Wildman–Crippen MR) is 166 cm³/mol. The van der Waals surface area contributed by atoms with E-state index in [1.165, 1.54) is 5.56 Å². The largest absolute Gasteiger partial charge is 0.311 e. The van der Waals surface area contributed by atoms with Gasteiger partial charge in [-0.2, -0.15) is 0 Å². The number of benzene rings is 5. The molecule has 1 aromatic heterocycles. The quantitative estimate of drug-likeness (QED) is 0.219. The zero-order chi connectivity index (χ0) is 27.5. The standard InChI is InChI=1S/C36H32N4/c1-36(2,3)29-19-21-31(22-20-29)39(30-17-11-6-12-18-30)32-23-25-33(26-24-32)40-35(28-15-9-5-10-16-28)37-34(38-40)27-13-7-4-8-14-27/h4-26H,1-3H3. The highest BCUT2D eigenvalue weighted by Crippen LogP contribution is 2.36. The third-order valence-electron chi connectivity index (χ3n) is 7.03. The Balaban J connectivity index is 1.42. The van der Waals surface area contributed by atoms with Gasteiger partial charge in [-0.1, -0.05) is 112 Å². The first-order valence-electron chi connectivity index (χ1n) is 13.6. The highest BCUT2D eigenvalue weighted by molar-refractivity contribution is 5.77. The zero-order valence-corrected chi connectivity index (χ0v) is 23.1. The van der Waals surface area contributed by atoms with Crippen molar-refractivity contribution in [3.05, 3.63) is 145 Å². The van der Waals surface area contributed by atoms with Crippen molar-refractivity contribution in [2.75, 3.05) is 4.90 Å². The maximum Gasteiger partial charge on any atom is 0.182 e. The van der Waals surface area contributed by atoms with Crippen molar-refractivity contribution in [2.24, 2.45) is 0 Å². The van der Waals surface area contributed by atoms with Gasteiger partial charge in [0.05, 0.1) is 5.69 Å². The van der Waals surface area contributed by atoms with Crippen LogP contribution in [0.25, 0.3) is 28.5 Å². The fourth-order valence-corrected chi connectivity index (χ4v) is 4.85. The lowest BCUT2D eigenvalue weighted by Crippen LogP contribution is -2.13. The lowest BCUT2D eigenvalue weighted by atomic mass is 9.87. The van der Waals surface area contributed by atoms with Crippen molar-refractivity contribution >= 4 is 17.1 Å². The molecule has 0 bridgehead atoms. The second-order valence-electron chi connectivity index (χ2n) is 10.9. The second-order valence-corrected chi connectivity index (χ2v) is 10.9. The molecule has 0 radical (unpaired) electrons. The summed E-state index contributed by atoms with van der Waals surface area (Å²) in [6, 6.07) is 48.2. The zero-order valence-electron chi connectivity index (χ0n) is 23.1. The molecule has 0 saturated heterocycles. The van der Waals surface area contributed by atoms with Gasteiger partial charge >= 0.3 is 0 Å². The Kier molecular flexibility index (Phi) is 6.75. The van der Waals surface area contributed by atoms with Crippen LogP contribution in [0.5, 0.6) is 0 Å². The van der Waals surface area contributed by atoms with Crippen LogP contribution in [0.3, 0.4) is 0 Å². The topological polar surface area (TPSA) is 34.0 Å². The summed E-state index contributed by atoms with van der Waals surface area (Å²) in [5.41, 5.74) is 7.67. The molecular weight excluding hydrogens is 488 g/mol. The predicted octanol–water partition coefficient (Wildman–Crippen LogP) is 9.37. The van der Waals surface area contributed by atoms with E-state index >= 15 is 0 Å². The molecule has 0 amide bonds. The van der Waals surface area contributed by atoms with Gasteiger partial charge in [0.15, 0.2) is 11.6 Å². The van der Waals surface area contributed by atoms with Gasteiger partial charge in [0.25, 0.3) is 0 Å². The van der Waals surface area contributed by atoms with E-state index in [9.17, 15) is 0 Å². The number of anilines is 3. The van der Waals surface area contributed by atoms with E-state index in [0.717, 1.165) is 39.7 Å². The van der Waals surface area contributed by atoms with Crippen LogP contribution >= 0.6 is 0 Å². The molecular formula is C36H32N4. The Morgan fingerprint density at radius 1 is 0.525 bits per heavy atom. The van der Waals surface area contributed by atoms with E-state index in [4.69, 9.17) is 10.1 Å². The number of hydrogen-bond donors (Lipinski definition) is 0. The smallest absolute Gasteiger partial charge is 0.182 e. The van der Waals surface area contributed by atoms with E-state index in [0.29, 0.717) is 5.82 Å². The van der Waals surface area contributed by atoms with Crippen molar-refractivity contribution in [3.63, 3.8) is 0 Å². The van der Waals surface area contributed by atoms with Gasteiger partial charge in [0.2, 0.25) is 0 Å². The minimum atomic E-state index is 0.102. The molecule has 4 nitrogen and oxygen atoms in total. The third-order valence-corrected chi connectivity index (χ3v) is 7.03. The molecule has 6 rings (SSSR count). The molecule has 0 aliphatic carbocycles. The van der Waals surface area contributed by atoms with Crippen molar-refractivity contribution < 1.29 is 0 Å². The van der Waals surface area contributed by atoms with Gasteiger partial charge in [0, 0.05) is 28.2 Å². The average Bonchev–Trinajstić information content (AvgIpc) is 3.45. The van der Waals surface area contributed by atoms with Crippen LogP contribution in [0.15, 0.2) is 140 Å². The molecule has 0 N–H and O–H groups in total. The highest BCUT2D eigenvalue weighted by atomic mass is 15.4. The van der Waals surface area contributed by atoms with Gasteiger partial charge < -0.3 is 4.90 Å². The number of para-hydroxylation sites is 1. The van der Waals surface area contributed by atoms with Gasteiger partial charge in [0.1, 0.15) is 0 Å². The van der Waals surface area contributed by atoms with Gasteiger partial charge in [-0.15, -0.1) is 5.10 Å². The van der Waals surface area contributed by atoms with Crippen LogP contribution in [0.1, 0.15) is 26.3 Å². The second kappa shape index (κ2) is 10.7. The first-order valence-corrected chi connectivity index (χ1v) is 13.6. The van der Waals surface area contributed by atoms with Crippen molar-refractivity contribution in [2.45, 2.75) is 26.2 Å². The minimum absolute atomic E-state index is 0.102. The molecule has 0 aliphatic rings. The maximum absolute atomic E-state index is 4.95. The number of nitrogens with zero attached hydrogens (tertiary/aromatic N) is 4. The SMILES string of the molecule is CC(C)(C)c1ccc(N(c2ccccc2)c2ccc(-n3nc(-c4ccccc4)nc3-c3ccccc3)cc2)cc1. The Labute approximate surface area is 236 Å². The highest BCUT2D eigenvalue weighted by Gasteiger charge is 2.18. The molecule has 40 heavy (non-hydrogen) atoms. The molecule has 4 heteroatoms. The van der Waals surface area contributed by atoms with Crippen molar-refractivity contribution in [1.82, 2.24) is 14.8 Å². The fraction of sp³-hybridized carbons (Fsp3) is 0.111. The molecule has 0 spiro atoms. The Morgan fingerprint density at radius 2 is 1.00 bits per heavy atom. The molecule has 0 fully saturated rings. The van der Waals surface area contributed by atoms with E-state index in [1.54, 1.807) is 0 Å². The van der Waals surface area contributed by atoms with Gasteiger partial charge in [-0.3, -0.25) is 0 Å². The minimum Gasteiger partial charge on any atom is -0.311 e. The summed E-state index contributed by atoms with van der Waals surface area (Å²) < 4.78 is 1.94. The van der Waals surface area contributed by atoms with E-state index in [2.05, 4.69) is 111 Å². The molecule has 1 heterocycles. The van der Waals surface area contributed by atoms with E-state index < -0.39 is 0 Å². The van der Waals surface area contributed by atoms with E-state index in [-0.39, 0.29) is 5.41 Å². The van der Waals surface area contributed by atoms with Gasteiger partial charge in [-0.05, 0) is 59.5 Å². The van der Waals surface area contributed by atoms with Crippen molar-refractivity contribution in [3.8, 4) is 28.5 Å². The van der Waals surface area contributed by atoms with Gasteiger partial charge in [-0.25, -0.2) is 9.67 Å². The Hall–Kier alpha value is -4.96. The number of rotatable bonds is 6. The molecule has 5 aromatic carbocycles. The fourth-order valence-electron chi connectivity index (χ4n) is 4.85. The van der Waals surface area contributed by atoms with Crippen LogP contribution in [-0.2, 0) is 5.41 Å². The summed E-state index contributed by atoms with van der Waals surface area (Å²) in [4.78, 5) is 7.23. The molecule has 0 unspecified atom stereocenters. The maximum atomic E-state index is 4.95. The first kappa shape index (κ1) is 25.3. The number of aromatic nitrogens is 3. The first-order chi connectivity index (χ1) is 19.5. The third kappa shape index (κ3) is 5.16. The van der Waals surface area contributed by atoms with Crippen LogP contribution in [-0.4, -0.2) is 14.8 Å². The molecule has 0 atom stereocenters. The normalized spacial score (nSPS) is 11.4. The van der Waals surface area contributed by atoms with Crippen LogP contribution in [0.4, 0.5) is 17.1 Å². The summed E-state index contributed by atoms with van der Waals surface area (Å²) in [6.45, 7) is 6.73. The molecule has 196 valence electrons. The summed E-state index contributed by atoms with van der Waals surface area (Å²) in [7, 11) is 0. The lowest BCUT2D eigenvalue weighted by Gasteiger charge is -2.27. The van der Waals surface area contributed by atoms with Crippen LogP contribution < -0.4 is 4.90 Å². The summed E-state index contributed by atoms with van der Waals surface area (Å²) in [5, 5.41) is 4.94. The summed E-state index contributed by atoms with van der Waals surface area (Å²) >= 11 is 0. The lowest BCUT2D eigenvalue weighted by molar-refractivity contribution is 0.590. The summed E-state index contributed by atoms with van der Waals surface area (Å²) in [6.07, 6.45) is 0. The molecule has 0 saturated carbocycles. The van der Waals surface area contributed by atoms with E-state index in [1.807, 2.05) is 59.3 Å². The van der Waals surface area contributed by atoms with Crippen molar-refractivity contribution in [1.29, 1.82) is 0 Å². The average molecular weight is 521 g/mol.